The number of benzene rings is 1. The fourth-order valence-corrected chi connectivity index (χ4v) is 1.73. The van der Waals surface area contributed by atoms with Crippen molar-refractivity contribution in [2.24, 2.45) is 0 Å². The zero-order valence-corrected chi connectivity index (χ0v) is 10.8. The monoisotopic (exact) mass is 273 g/mol. The number of aromatic amines is 1. The van der Waals surface area contributed by atoms with Gasteiger partial charge in [-0.15, -0.1) is 0 Å². The minimum Gasteiger partial charge on any atom is -0.352 e. The molecule has 20 heavy (non-hydrogen) atoms. The van der Waals surface area contributed by atoms with E-state index in [2.05, 4.69) is 10.3 Å². The summed E-state index contributed by atoms with van der Waals surface area (Å²) in [4.78, 5) is 36.1. The number of hydrogen-bond acceptors (Lipinski definition) is 3. The van der Waals surface area contributed by atoms with Crippen molar-refractivity contribution >= 4 is 5.91 Å². The second-order valence-electron chi connectivity index (χ2n) is 4.32. The van der Waals surface area contributed by atoms with Crippen molar-refractivity contribution in [3.05, 3.63) is 69.0 Å². The Bertz CT molecular complexity index is 689. The molecule has 2 aromatic rings. The van der Waals surface area contributed by atoms with Crippen LogP contribution in [-0.4, -0.2) is 15.5 Å². The number of nitrogens with zero attached hydrogens (tertiary/aromatic N) is 1. The first-order valence-corrected chi connectivity index (χ1v) is 6.25. The predicted molar refractivity (Wildman–Crippen MR) is 74.2 cm³/mol. The van der Waals surface area contributed by atoms with Crippen LogP contribution in [0.15, 0.2) is 52.2 Å². The summed E-state index contributed by atoms with van der Waals surface area (Å²) in [7, 11) is 0. The molecule has 1 aromatic carbocycles. The SMILES string of the molecule is O=C(CCn1ccc(=O)[nH]c1=O)NCc1ccccc1. The van der Waals surface area contributed by atoms with E-state index >= 15 is 0 Å². The van der Waals surface area contributed by atoms with E-state index in [9.17, 15) is 14.4 Å². The molecule has 0 saturated carbocycles. The molecule has 0 radical (unpaired) electrons. The highest BCUT2D eigenvalue weighted by Gasteiger charge is 2.03. The third-order valence-electron chi connectivity index (χ3n) is 2.81. The van der Waals surface area contributed by atoms with Gasteiger partial charge in [-0.05, 0) is 5.56 Å². The minimum atomic E-state index is -0.506. The molecule has 0 saturated heterocycles. The Morgan fingerprint density at radius 3 is 2.60 bits per heavy atom. The molecule has 1 aromatic heterocycles. The van der Waals surface area contributed by atoms with E-state index in [1.54, 1.807) is 0 Å². The number of carbonyl (C=O) groups excluding carboxylic acids is 1. The van der Waals surface area contributed by atoms with Crippen molar-refractivity contribution in [3.8, 4) is 0 Å². The summed E-state index contributed by atoms with van der Waals surface area (Å²) in [5.41, 5.74) is 0.0650. The Hall–Kier alpha value is -2.63. The summed E-state index contributed by atoms with van der Waals surface area (Å²) < 4.78 is 1.30. The third-order valence-corrected chi connectivity index (χ3v) is 2.81. The van der Waals surface area contributed by atoms with E-state index < -0.39 is 11.2 Å². The van der Waals surface area contributed by atoms with E-state index in [4.69, 9.17) is 0 Å². The van der Waals surface area contributed by atoms with Crippen molar-refractivity contribution in [1.82, 2.24) is 14.9 Å². The lowest BCUT2D eigenvalue weighted by Gasteiger charge is -2.06. The maximum Gasteiger partial charge on any atom is 0.328 e. The van der Waals surface area contributed by atoms with Gasteiger partial charge in [-0.3, -0.25) is 14.6 Å². The third kappa shape index (κ3) is 3.94. The lowest BCUT2D eigenvalue weighted by Crippen LogP contribution is -2.31. The summed E-state index contributed by atoms with van der Waals surface area (Å²) in [5, 5.41) is 2.77. The highest BCUT2D eigenvalue weighted by atomic mass is 16.2. The fourth-order valence-electron chi connectivity index (χ4n) is 1.73. The maximum atomic E-state index is 11.7. The first-order valence-electron chi connectivity index (χ1n) is 6.25. The van der Waals surface area contributed by atoms with Crippen LogP contribution in [0.1, 0.15) is 12.0 Å². The van der Waals surface area contributed by atoms with E-state index in [0.717, 1.165) is 5.56 Å². The van der Waals surface area contributed by atoms with Crippen LogP contribution in [0.3, 0.4) is 0 Å². The van der Waals surface area contributed by atoms with E-state index in [1.165, 1.54) is 16.8 Å². The quantitative estimate of drug-likeness (QED) is 0.818. The van der Waals surface area contributed by atoms with E-state index in [0.29, 0.717) is 6.54 Å². The van der Waals surface area contributed by atoms with Gasteiger partial charge in [0.1, 0.15) is 0 Å². The predicted octanol–water partition coefficient (Wildman–Crippen LogP) is 0.243. The van der Waals surface area contributed by atoms with Crippen LogP contribution >= 0.6 is 0 Å². The molecule has 0 aliphatic heterocycles. The first-order chi connectivity index (χ1) is 9.65. The molecule has 6 heteroatoms. The average Bonchev–Trinajstić information content (AvgIpc) is 2.45. The Labute approximate surface area is 115 Å². The molecule has 6 nitrogen and oxygen atoms in total. The zero-order chi connectivity index (χ0) is 14.4. The number of rotatable bonds is 5. The lowest BCUT2D eigenvalue weighted by atomic mass is 10.2. The Morgan fingerprint density at radius 2 is 1.90 bits per heavy atom. The van der Waals surface area contributed by atoms with Gasteiger partial charge in [0.25, 0.3) is 5.56 Å². The molecule has 0 aliphatic rings. The topological polar surface area (TPSA) is 84.0 Å². The largest absolute Gasteiger partial charge is 0.352 e. The van der Waals surface area contributed by atoms with Crippen LogP contribution in [0, 0.1) is 0 Å². The maximum absolute atomic E-state index is 11.7. The molecule has 2 N–H and O–H groups in total. The molecule has 0 spiro atoms. The van der Waals surface area contributed by atoms with Gasteiger partial charge in [0.05, 0.1) is 0 Å². The summed E-state index contributed by atoms with van der Waals surface area (Å²) in [5.74, 6) is -0.146. The molecule has 1 amide bonds. The highest BCUT2D eigenvalue weighted by Crippen LogP contribution is 1.97. The molecular weight excluding hydrogens is 258 g/mol. The summed E-state index contributed by atoms with van der Waals surface area (Å²) >= 11 is 0. The van der Waals surface area contributed by atoms with Gasteiger partial charge < -0.3 is 9.88 Å². The number of aryl methyl sites for hydroxylation is 1. The van der Waals surface area contributed by atoms with Crippen LogP contribution in [0.2, 0.25) is 0 Å². The first kappa shape index (κ1) is 13.8. The highest BCUT2D eigenvalue weighted by molar-refractivity contribution is 5.75. The normalized spacial score (nSPS) is 10.2. The van der Waals surface area contributed by atoms with Gasteiger partial charge in [-0.1, -0.05) is 30.3 Å². The van der Waals surface area contributed by atoms with Gasteiger partial charge in [0.2, 0.25) is 5.91 Å². The second kappa shape index (κ2) is 6.51. The molecule has 0 fully saturated rings. The van der Waals surface area contributed by atoms with Crippen LogP contribution in [0.25, 0.3) is 0 Å². The molecular formula is C14H15N3O3. The van der Waals surface area contributed by atoms with Crippen molar-refractivity contribution in [3.63, 3.8) is 0 Å². The number of H-pyrrole nitrogens is 1. The number of amides is 1. The molecule has 2 rings (SSSR count). The van der Waals surface area contributed by atoms with Gasteiger partial charge in [0.15, 0.2) is 0 Å². The van der Waals surface area contributed by atoms with Crippen LogP contribution in [-0.2, 0) is 17.9 Å². The van der Waals surface area contributed by atoms with Crippen molar-refractivity contribution < 1.29 is 4.79 Å². The zero-order valence-electron chi connectivity index (χ0n) is 10.8. The standard InChI is InChI=1S/C14H15N3O3/c18-12(15-10-11-4-2-1-3-5-11)6-8-17-9-7-13(19)16-14(17)20/h1-5,7,9H,6,8,10H2,(H,15,18)(H,16,19,20). The van der Waals surface area contributed by atoms with Crippen molar-refractivity contribution in [1.29, 1.82) is 0 Å². The molecule has 0 atom stereocenters. The minimum absolute atomic E-state index is 0.146. The van der Waals surface area contributed by atoms with Crippen LogP contribution < -0.4 is 16.6 Å². The average molecular weight is 273 g/mol. The van der Waals surface area contributed by atoms with E-state index in [-0.39, 0.29) is 18.9 Å². The van der Waals surface area contributed by atoms with Gasteiger partial charge in [0, 0.05) is 31.8 Å². The second-order valence-corrected chi connectivity index (χ2v) is 4.32. The lowest BCUT2D eigenvalue weighted by molar-refractivity contribution is -0.121. The van der Waals surface area contributed by atoms with Crippen LogP contribution in [0.4, 0.5) is 0 Å². The molecule has 0 aliphatic carbocycles. The Balaban J connectivity index is 1.83. The van der Waals surface area contributed by atoms with Crippen molar-refractivity contribution in [2.75, 3.05) is 0 Å². The fraction of sp³-hybridized carbons (Fsp3) is 0.214. The van der Waals surface area contributed by atoms with Gasteiger partial charge in [-0.25, -0.2) is 4.79 Å². The number of nitrogens with one attached hydrogen (secondary N) is 2. The number of carbonyl (C=O) groups is 1. The molecule has 0 unspecified atom stereocenters. The summed E-state index contributed by atoms with van der Waals surface area (Å²) in [6.45, 7) is 0.691. The Kier molecular flexibility index (Phi) is 4.49. The van der Waals surface area contributed by atoms with Gasteiger partial charge >= 0.3 is 5.69 Å². The van der Waals surface area contributed by atoms with Gasteiger partial charge in [-0.2, -0.15) is 0 Å². The van der Waals surface area contributed by atoms with E-state index in [1.807, 2.05) is 30.3 Å². The molecule has 104 valence electrons. The molecule has 1 heterocycles. The van der Waals surface area contributed by atoms with Crippen LogP contribution in [0.5, 0.6) is 0 Å². The molecule has 0 bridgehead atoms. The number of aromatic nitrogens is 2. The Morgan fingerprint density at radius 1 is 1.15 bits per heavy atom. The summed E-state index contributed by atoms with van der Waals surface area (Å²) in [6.07, 6.45) is 1.56. The number of hydrogen-bond donors (Lipinski definition) is 2. The summed E-state index contributed by atoms with van der Waals surface area (Å²) in [6, 6.07) is 10.8. The smallest absolute Gasteiger partial charge is 0.328 e. The van der Waals surface area contributed by atoms with Crippen molar-refractivity contribution in [2.45, 2.75) is 19.5 Å².